The number of rotatable bonds is 8. The highest BCUT2D eigenvalue weighted by Gasteiger charge is 2.27. The Bertz CT molecular complexity index is 1490. The van der Waals surface area contributed by atoms with Gasteiger partial charge in [0.05, 0.1) is 24.5 Å². The molecule has 0 amide bonds. The Morgan fingerprint density at radius 2 is 1.52 bits per heavy atom. The van der Waals surface area contributed by atoms with Gasteiger partial charge in [-0.1, -0.05) is 86.5 Å². The molecule has 3 aromatic carbocycles. The summed E-state index contributed by atoms with van der Waals surface area (Å²) < 4.78 is 7.99. The van der Waals surface area contributed by atoms with Crippen LogP contribution in [-0.2, 0) is 11.3 Å². The first-order valence-corrected chi connectivity index (χ1v) is 14.7. The van der Waals surface area contributed by atoms with Gasteiger partial charge in [0.15, 0.2) is 0 Å². The average Bonchev–Trinajstić information content (AvgIpc) is 3.34. The minimum atomic E-state index is -0.879. The number of fused-ring (bicyclic) bond motifs is 1. The molecule has 6 rings (SSSR count). The summed E-state index contributed by atoms with van der Waals surface area (Å²) in [7, 11) is 0. The summed E-state index contributed by atoms with van der Waals surface area (Å²) in [6, 6.07) is 23.2. The van der Waals surface area contributed by atoms with Gasteiger partial charge >= 0.3 is 5.97 Å². The van der Waals surface area contributed by atoms with Crippen LogP contribution in [0.15, 0.2) is 73.3 Å². The fourth-order valence-corrected chi connectivity index (χ4v) is 6.56. The molecule has 2 fully saturated rings. The van der Waals surface area contributed by atoms with E-state index in [1.807, 2.05) is 12.1 Å². The number of benzene rings is 3. The zero-order valence-electron chi connectivity index (χ0n) is 23.1. The van der Waals surface area contributed by atoms with Crippen molar-refractivity contribution in [3.63, 3.8) is 0 Å². The molecule has 0 spiro atoms. The van der Waals surface area contributed by atoms with E-state index in [0.717, 1.165) is 50.5 Å². The molecule has 0 unspecified atom stereocenters. The molecule has 1 N–H and O–H groups in total. The van der Waals surface area contributed by atoms with E-state index in [1.165, 1.54) is 65.4 Å². The Kier molecular flexibility index (Phi) is 7.85. The summed E-state index contributed by atoms with van der Waals surface area (Å²) in [4.78, 5) is 14.5. The van der Waals surface area contributed by atoms with Gasteiger partial charge in [0, 0.05) is 37.1 Å². The molecule has 0 radical (unpaired) electrons. The number of carbonyl (C=O) groups is 1. The smallest absolute Gasteiger partial charge is 0.335 e. The van der Waals surface area contributed by atoms with Crippen LogP contribution in [0.2, 0.25) is 0 Å². The van der Waals surface area contributed by atoms with Gasteiger partial charge in [-0.05, 0) is 58.7 Å². The second kappa shape index (κ2) is 11.8. The molecule has 1 aliphatic carbocycles. The van der Waals surface area contributed by atoms with Crippen molar-refractivity contribution >= 4 is 22.9 Å². The fourth-order valence-electron chi connectivity index (χ4n) is 6.56. The van der Waals surface area contributed by atoms with Gasteiger partial charge in [-0.2, -0.15) is 0 Å². The van der Waals surface area contributed by atoms with Crippen molar-refractivity contribution in [3.05, 3.63) is 90.0 Å². The topological polar surface area (TPSA) is 54.7 Å². The van der Waals surface area contributed by atoms with E-state index in [-0.39, 0.29) is 0 Å². The number of ether oxygens (including phenoxy) is 1. The molecule has 0 bridgehead atoms. The lowest BCUT2D eigenvalue weighted by molar-refractivity contribution is 0.0366. The standard InChI is InChI=1S/C35H38N2O3/c1-2-25-8-10-26(11-9-25)27-12-14-29(15-13-27)34-33(28-6-4-3-5-7-28)31-17-16-30(35(38)39)24-32(31)37(34)19-18-36-20-22-40-23-21-36/h2,8-17,24,28H,1,3-7,18-23H2,(H,38,39). The van der Waals surface area contributed by atoms with E-state index >= 15 is 0 Å². The maximum atomic E-state index is 12.0. The van der Waals surface area contributed by atoms with Crippen molar-refractivity contribution in [3.8, 4) is 22.4 Å². The van der Waals surface area contributed by atoms with Crippen molar-refractivity contribution in [2.45, 2.75) is 44.6 Å². The Balaban J connectivity index is 1.48. The number of hydrogen-bond acceptors (Lipinski definition) is 3. The van der Waals surface area contributed by atoms with E-state index in [1.54, 1.807) is 6.07 Å². The molecule has 206 valence electrons. The van der Waals surface area contributed by atoms with Crippen LogP contribution in [0, 0.1) is 0 Å². The maximum Gasteiger partial charge on any atom is 0.335 e. The van der Waals surface area contributed by atoms with Crippen molar-refractivity contribution in [2.24, 2.45) is 0 Å². The minimum Gasteiger partial charge on any atom is -0.478 e. The van der Waals surface area contributed by atoms with Crippen molar-refractivity contribution < 1.29 is 14.6 Å². The number of nitrogens with zero attached hydrogens (tertiary/aromatic N) is 2. The Morgan fingerprint density at radius 1 is 0.875 bits per heavy atom. The third kappa shape index (κ3) is 5.36. The lowest BCUT2D eigenvalue weighted by atomic mass is 9.81. The summed E-state index contributed by atoms with van der Waals surface area (Å²) >= 11 is 0. The van der Waals surface area contributed by atoms with Crippen LogP contribution < -0.4 is 0 Å². The van der Waals surface area contributed by atoms with Crippen LogP contribution in [0.3, 0.4) is 0 Å². The monoisotopic (exact) mass is 534 g/mol. The zero-order valence-corrected chi connectivity index (χ0v) is 23.1. The van der Waals surface area contributed by atoms with Gasteiger partial charge in [-0.25, -0.2) is 4.79 Å². The molecule has 0 atom stereocenters. The largest absolute Gasteiger partial charge is 0.478 e. The molecule has 2 aliphatic rings. The van der Waals surface area contributed by atoms with E-state index in [2.05, 4.69) is 70.6 Å². The Labute approximate surface area is 236 Å². The van der Waals surface area contributed by atoms with Crippen molar-refractivity contribution in [2.75, 3.05) is 32.8 Å². The van der Waals surface area contributed by atoms with Crippen LogP contribution in [0.1, 0.15) is 59.5 Å². The Morgan fingerprint density at radius 3 is 2.17 bits per heavy atom. The minimum absolute atomic E-state index is 0.345. The predicted molar refractivity (Wildman–Crippen MR) is 163 cm³/mol. The molecular formula is C35H38N2O3. The molecule has 1 saturated carbocycles. The molecule has 4 aromatic rings. The summed E-state index contributed by atoms with van der Waals surface area (Å²) in [6.45, 7) is 9.00. The number of hydrogen-bond donors (Lipinski definition) is 1. The first kappa shape index (κ1) is 26.5. The van der Waals surface area contributed by atoms with Gasteiger partial charge in [-0.3, -0.25) is 4.90 Å². The molecular weight excluding hydrogens is 496 g/mol. The van der Waals surface area contributed by atoms with Gasteiger partial charge < -0.3 is 14.4 Å². The predicted octanol–water partition coefficient (Wildman–Crippen LogP) is 7.70. The zero-order chi connectivity index (χ0) is 27.5. The lowest BCUT2D eigenvalue weighted by Gasteiger charge is -2.27. The maximum absolute atomic E-state index is 12.0. The highest BCUT2D eigenvalue weighted by Crippen LogP contribution is 2.44. The van der Waals surface area contributed by atoms with Crippen molar-refractivity contribution in [1.82, 2.24) is 9.47 Å². The molecule has 2 heterocycles. The number of aromatic nitrogens is 1. The molecule has 1 saturated heterocycles. The van der Waals surface area contributed by atoms with Gasteiger partial charge in [0.25, 0.3) is 0 Å². The van der Waals surface area contributed by atoms with Gasteiger partial charge in [0.1, 0.15) is 0 Å². The molecule has 40 heavy (non-hydrogen) atoms. The quantitative estimate of drug-likeness (QED) is 0.252. The first-order valence-electron chi connectivity index (χ1n) is 14.7. The fraction of sp³-hybridized carbons (Fsp3) is 0.343. The normalized spacial score (nSPS) is 16.8. The highest BCUT2D eigenvalue weighted by molar-refractivity contribution is 5.98. The van der Waals surface area contributed by atoms with Crippen LogP contribution in [0.4, 0.5) is 0 Å². The van der Waals surface area contributed by atoms with Crippen LogP contribution in [-0.4, -0.2) is 53.4 Å². The van der Waals surface area contributed by atoms with Crippen LogP contribution >= 0.6 is 0 Å². The van der Waals surface area contributed by atoms with Crippen LogP contribution in [0.25, 0.3) is 39.4 Å². The molecule has 5 heteroatoms. The van der Waals surface area contributed by atoms with E-state index in [9.17, 15) is 9.90 Å². The van der Waals surface area contributed by atoms with Crippen molar-refractivity contribution in [1.29, 1.82) is 0 Å². The van der Waals surface area contributed by atoms with E-state index in [4.69, 9.17) is 4.74 Å². The van der Waals surface area contributed by atoms with E-state index in [0.29, 0.717) is 11.5 Å². The van der Waals surface area contributed by atoms with Crippen LogP contribution in [0.5, 0.6) is 0 Å². The second-order valence-corrected chi connectivity index (χ2v) is 11.1. The summed E-state index contributed by atoms with van der Waals surface area (Å²) in [5.74, 6) is -0.395. The molecule has 1 aliphatic heterocycles. The SMILES string of the molecule is C=Cc1ccc(-c2ccc(-c3c(C4CCCCC4)c4ccc(C(=O)O)cc4n3CCN3CCOCC3)cc2)cc1. The lowest BCUT2D eigenvalue weighted by Crippen LogP contribution is -2.38. The third-order valence-electron chi connectivity index (χ3n) is 8.75. The molecule has 1 aromatic heterocycles. The average molecular weight is 535 g/mol. The number of carboxylic acids is 1. The first-order chi connectivity index (χ1) is 19.6. The second-order valence-electron chi connectivity index (χ2n) is 11.1. The third-order valence-corrected chi connectivity index (χ3v) is 8.75. The molecule has 5 nitrogen and oxygen atoms in total. The summed E-state index contributed by atoms with van der Waals surface area (Å²) in [6.07, 6.45) is 8.03. The highest BCUT2D eigenvalue weighted by atomic mass is 16.5. The van der Waals surface area contributed by atoms with Gasteiger partial charge in [-0.15, -0.1) is 0 Å². The van der Waals surface area contributed by atoms with E-state index < -0.39 is 5.97 Å². The van der Waals surface area contributed by atoms with Gasteiger partial charge in [0.2, 0.25) is 0 Å². The number of aromatic carboxylic acids is 1. The summed E-state index contributed by atoms with van der Waals surface area (Å²) in [5.41, 5.74) is 8.71. The number of carboxylic acid groups (broad SMARTS) is 1. The Hall–Kier alpha value is -3.67. The summed E-state index contributed by atoms with van der Waals surface area (Å²) in [5, 5.41) is 11.1. The number of morpholine rings is 1.